The molecule has 0 fully saturated rings. The minimum atomic E-state index is 1.16. The van der Waals surface area contributed by atoms with Gasteiger partial charge in [-0.25, -0.2) is 0 Å². The molecule has 0 unspecified atom stereocenters. The van der Waals surface area contributed by atoms with Crippen molar-refractivity contribution in [3.05, 3.63) is 66.3 Å². The number of hydrogen-bond acceptors (Lipinski definition) is 0. The van der Waals surface area contributed by atoms with E-state index in [-0.39, 0.29) is 0 Å². The van der Waals surface area contributed by atoms with E-state index in [4.69, 9.17) is 0 Å². The third kappa shape index (κ3) is 1.67. The van der Waals surface area contributed by atoms with Crippen LogP contribution in [0.3, 0.4) is 0 Å². The summed E-state index contributed by atoms with van der Waals surface area (Å²) in [6, 6.07) is 15.3. The summed E-state index contributed by atoms with van der Waals surface area (Å²) in [6.45, 7) is 0. The van der Waals surface area contributed by atoms with Crippen LogP contribution in [0.5, 0.6) is 0 Å². The summed E-state index contributed by atoms with van der Waals surface area (Å²) in [7, 11) is 0. The van der Waals surface area contributed by atoms with E-state index in [9.17, 15) is 0 Å². The zero-order chi connectivity index (χ0) is 10.8. The molecule has 2 aromatic rings. The van der Waals surface area contributed by atoms with Gasteiger partial charge in [0.05, 0.1) is 0 Å². The highest BCUT2D eigenvalue weighted by Crippen LogP contribution is 2.26. The van der Waals surface area contributed by atoms with Gasteiger partial charge in [0.1, 0.15) is 0 Å². The second-order valence-electron chi connectivity index (χ2n) is 4.22. The first-order chi connectivity index (χ1) is 7.93. The SMILES string of the molecule is C1=CCCC(c2ccc3ccccc3c2)=C1. The molecule has 0 atom stereocenters. The number of rotatable bonds is 1. The number of hydrogen-bond donors (Lipinski definition) is 0. The minimum Gasteiger partial charge on any atom is -0.0842 e. The standard InChI is InChI=1S/C16H14/c1-2-6-13(7-3-1)16-11-10-14-8-4-5-9-15(14)12-16/h1-2,4-6,8-12H,3,7H2. The molecule has 16 heavy (non-hydrogen) atoms. The fraction of sp³-hybridized carbons (Fsp3) is 0.125. The normalized spacial score (nSPS) is 15.1. The predicted molar refractivity (Wildman–Crippen MR) is 70.3 cm³/mol. The molecular formula is C16H14. The van der Waals surface area contributed by atoms with E-state index in [2.05, 4.69) is 60.7 Å². The molecule has 0 amide bonds. The fourth-order valence-corrected chi connectivity index (χ4v) is 2.23. The van der Waals surface area contributed by atoms with Crippen molar-refractivity contribution in [1.29, 1.82) is 0 Å². The molecule has 0 heterocycles. The molecule has 1 aliphatic rings. The van der Waals surface area contributed by atoms with Gasteiger partial charge in [-0.1, -0.05) is 54.6 Å². The number of benzene rings is 2. The van der Waals surface area contributed by atoms with Crippen LogP contribution in [-0.4, -0.2) is 0 Å². The summed E-state index contributed by atoms with van der Waals surface area (Å²) < 4.78 is 0. The maximum Gasteiger partial charge on any atom is -0.0178 e. The highest BCUT2D eigenvalue weighted by Gasteiger charge is 2.03. The predicted octanol–water partition coefficient (Wildman–Crippen LogP) is 4.57. The van der Waals surface area contributed by atoms with Crippen molar-refractivity contribution in [2.45, 2.75) is 12.8 Å². The first-order valence-corrected chi connectivity index (χ1v) is 5.78. The Labute approximate surface area is 95.9 Å². The van der Waals surface area contributed by atoms with Gasteiger partial charge in [0, 0.05) is 0 Å². The second-order valence-corrected chi connectivity index (χ2v) is 4.22. The molecule has 0 saturated carbocycles. The Morgan fingerprint density at radius 2 is 1.75 bits per heavy atom. The quantitative estimate of drug-likeness (QED) is 0.641. The summed E-state index contributed by atoms with van der Waals surface area (Å²) in [6.07, 6.45) is 8.94. The van der Waals surface area contributed by atoms with Crippen LogP contribution in [-0.2, 0) is 0 Å². The van der Waals surface area contributed by atoms with E-state index >= 15 is 0 Å². The van der Waals surface area contributed by atoms with Crippen LogP contribution in [0.25, 0.3) is 16.3 Å². The van der Waals surface area contributed by atoms with E-state index < -0.39 is 0 Å². The van der Waals surface area contributed by atoms with Crippen LogP contribution in [0.4, 0.5) is 0 Å². The van der Waals surface area contributed by atoms with E-state index in [0.29, 0.717) is 0 Å². The van der Waals surface area contributed by atoms with Gasteiger partial charge in [-0.2, -0.15) is 0 Å². The molecule has 0 saturated heterocycles. The molecule has 0 aromatic heterocycles. The van der Waals surface area contributed by atoms with Gasteiger partial charge in [0.25, 0.3) is 0 Å². The Kier molecular flexibility index (Phi) is 2.34. The average Bonchev–Trinajstić information content (AvgIpc) is 2.39. The smallest absolute Gasteiger partial charge is 0.0178 e. The maximum atomic E-state index is 2.29. The van der Waals surface area contributed by atoms with Gasteiger partial charge in [0.2, 0.25) is 0 Å². The molecule has 78 valence electrons. The van der Waals surface area contributed by atoms with Crippen LogP contribution in [0.2, 0.25) is 0 Å². The molecule has 0 spiro atoms. The van der Waals surface area contributed by atoms with Crippen molar-refractivity contribution in [2.24, 2.45) is 0 Å². The second kappa shape index (κ2) is 3.97. The molecule has 0 heteroatoms. The lowest BCUT2D eigenvalue weighted by Gasteiger charge is -2.10. The van der Waals surface area contributed by atoms with Crippen molar-refractivity contribution >= 4 is 16.3 Å². The largest absolute Gasteiger partial charge is 0.0842 e. The van der Waals surface area contributed by atoms with Crippen LogP contribution < -0.4 is 0 Å². The van der Waals surface area contributed by atoms with Gasteiger partial charge in [0.15, 0.2) is 0 Å². The van der Waals surface area contributed by atoms with E-state index in [1.807, 2.05) is 0 Å². The summed E-state index contributed by atoms with van der Waals surface area (Å²) in [5.74, 6) is 0. The molecule has 1 aliphatic carbocycles. The van der Waals surface area contributed by atoms with Crippen LogP contribution in [0.15, 0.2) is 60.7 Å². The van der Waals surface area contributed by atoms with E-state index in [1.54, 1.807) is 0 Å². The fourth-order valence-electron chi connectivity index (χ4n) is 2.23. The summed E-state index contributed by atoms with van der Waals surface area (Å²) in [5.41, 5.74) is 2.82. The highest BCUT2D eigenvalue weighted by atomic mass is 14.1. The average molecular weight is 206 g/mol. The molecule has 2 aromatic carbocycles. The molecule has 0 N–H and O–H groups in total. The maximum absolute atomic E-state index is 2.29. The van der Waals surface area contributed by atoms with Crippen LogP contribution in [0.1, 0.15) is 18.4 Å². The lowest BCUT2D eigenvalue weighted by molar-refractivity contribution is 1.05. The first kappa shape index (κ1) is 9.41. The monoisotopic (exact) mass is 206 g/mol. The minimum absolute atomic E-state index is 1.16. The number of allylic oxidation sites excluding steroid dienone is 4. The lowest BCUT2D eigenvalue weighted by atomic mass is 9.95. The van der Waals surface area contributed by atoms with Crippen molar-refractivity contribution < 1.29 is 0 Å². The number of fused-ring (bicyclic) bond motifs is 1. The van der Waals surface area contributed by atoms with Crippen molar-refractivity contribution in [1.82, 2.24) is 0 Å². The molecule has 0 radical (unpaired) electrons. The Morgan fingerprint density at radius 3 is 2.56 bits per heavy atom. The molecule has 0 nitrogen and oxygen atoms in total. The third-order valence-electron chi connectivity index (χ3n) is 3.13. The van der Waals surface area contributed by atoms with Crippen molar-refractivity contribution in [3.63, 3.8) is 0 Å². The van der Waals surface area contributed by atoms with Crippen LogP contribution in [0, 0.1) is 0 Å². The Morgan fingerprint density at radius 1 is 0.875 bits per heavy atom. The van der Waals surface area contributed by atoms with Crippen molar-refractivity contribution in [2.75, 3.05) is 0 Å². The van der Waals surface area contributed by atoms with Crippen molar-refractivity contribution in [3.8, 4) is 0 Å². The molecule has 0 bridgehead atoms. The summed E-state index contributed by atoms with van der Waals surface area (Å²) in [4.78, 5) is 0. The first-order valence-electron chi connectivity index (χ1n) is 5.78. The van der Waals surface area contributed by atoms with Crippen LogP contribution >= 0.6 is 0 Å². The zero-order valence-corrected chi connectivity index (χ0v) is 9.19. The topological polar surface area (TPSA) is 0 Å². The van der Waals surface area contributed by atoms with Gasteiger partial charge in [-0.3, -0.25) is 0 Å². The lowest BCUT2D eigenvalue weighted by Crippen LogP contribution is -1.87. The van der Waals surface area contributed by atoms with Gasteiger partial charge in [-0.15, -0.1) is 0 Å². The third-order valence-corrected chi connectivity index (χ3v) is 3.13. The highest BCUT2D eigenvalue weighted by molar-refractivity contribution is 5.86. The van der Waals surface area contributed by atoms with Gasteiger partial charge < -0.3 is 0 Å². The Bertz CT molecular complexity index is 573. The van der Waals surface area contributed by atoms with E-state index in [0.717, 1.165) is 6.42 Å². The summed E-state index contributed by atoms with van der Waals surface area (Å²) >= 11 is 0. The van der Waals surface area contributed by atoms with Gasteiger partial charge in [-0.05, 0) is 40.8 Å². The van der Waals surface area contributed by atoms with Gasteiger partial charge >= 0.3 is 0 Å². The van der Waals surface area contributed by atoms with E-state index in [1.165, 1.54) is 28.3 Å². The summed E-state index contributed by atoms with van der Waals surface area (Å²) in [5, 5.41) is 2.65. The zero-order valence-electron chi connectivity index (χ0n) is 9.19. The molecule has 0 aliphatic heterocycles. The molecular weight excluding hydrogens is 192 g/mol. The Balaban J connectivity index is 2.11. The Hall–Kier alpha value is -1.82. The molecule has 3 rings (SSSR count).